The first-order valence-electron chi connectivity index (χ1n) is 9.99. The summed E-state index contributed by atoms with van der Waals surface area (Å²) in [6.45, 7) is 5.71. The Kier molecular flexibility index (Phi) is 4.95. The van der Waals surface area contributed by atoms with E-state index in [1.54, 1.807) is 6.07 Å². The molecule has 1 saturated heterocycles. The molecule has 1 aromatic carbocycles. The summed E-state index contributed by atoms with van der Waals surface area (Å²) in [5, 5.41) is 7.48. The predicted molar refractivity (Wildman–Crippen MR) is 108 cm³/mol. The lowest BCUT2D eigenvalue weighted by molar-refractivity contribution is -0.0103. The van der Waals surface area contributed by atoms with E-state index in [1.165, 1.54) is 5.57 Å². The number of hydrogen-bond acceptors (Lipinski definition) is 5. The average Bonchev–Trinajstić information content (AvgIpc) is 2.78. The van der Waals surface area contributed by atoms with Crippen molar-refractivity contribution in [3.05, 3.63) is 41.5 Å². The van der Waals surface area contributed by atoms with Crippen molar-refractivity contribution in [2.75, 3.05) is 19.3 Å². The van der Waals surface area contributed by atoms with Crippen LogP contribution in [0, 0.1) is 5.92 Å². The molecule has 0 bridgehead atoms. The molecule has 6 heteroatoms. The lowest BCUT2D eigenvalue weighted by Crippen LogP contribution is -2.69. The Bertz CT molecular complexity index is 851. The summed E-state index contributed by atoms with van der Waals surface area (Å²) in [6.07, 6.45) is 5.51. The summed E-state index contributed by atoms with van der Waals surface area (Å²) in [5.41, 5.74) is 2.18. The minimum Gasteiger partial charge on any atom is -0.317 e. The van der Waals surface area contributed by atoms with Gasteiger partial charge in [0.1, 0.15) is 0 Å². The third kappa shape index (κ3) is 3.48. The number of rotatable bonds is 2. The third-order valence-electron chi connectivity index (χ3n) is 6.79. The van der Waals surface area contributed by atoms with Gasteiger partial charge in [0.25, 0.3) is 0 Å². The molecule has 3 aliphatic rings. The molecule has 2 heterocycles. The summed E-state index contributed by atoms with van der Waals surface area (Å²) < 4.78 is 25.5. The number of nitrogens with zero attached hydrogens (tertiary/aromatic N) is 1. The van der Waals surface area contributed by atoms with Crippen molar-refractivity contribution >= 4 is 9.84 Å². The zero-order valence-corrected chi connectivity index (χ0v) is 17.3. The van der Waals surface area contributed by atoms with Gasteiger partial charge in [-0.25, -0.2) is 8.42 Å². The quantitative estimate of drug-likeness (QED) is 0.760. The zero-order valence-electron chi connectivity index (χ0n) is 16.5. The van der Waals surface area contributed by atoms with E-state index in [0.29, 0.717) is 36.0 Å². The Balaban J connectivity index is 1.65. The van der Waals surface area contributed by atoms with Crippen LogP contribution in [0.3, 0.4) is 0 Å². The van der Waals surface area contributed by atoms with Crippen LogP contribution in [0.4, 0.5) is 0 Å². The van der Waals surface area contributed by atoms with E-state index < -0.39 is 9.84 Å². The van der Waals surface area contributed by atoms with Gasteiger partial charge >= 0.3 is 0 Å². The minimum atomic E-state index is -3.22. The number of fused-ring (bicyclic) bond motifs is 2. The zero-order chi connectivity index (χ0) is 19.2. The third-order valence-corrected chi connectivity index (χ3v) is 8.58. The Morgan fingerprint density at radius 2 is 2.07 bits per heavy atom. The van der Waals surface area contributed by atoms with Crippen molar-refractivity contribution in [2.45, 2.75) is 62.3 Å². The van der Waals surface area contributed by atoms with Gasteiger partial charge < -0.3 is 5.32 Å². The van der Waals surface area contributed by atoms with E-state index in [4.69, 9.17) is 0 Å². The second-order valence-corrected chi connectivity index (χ2v) is 10.7. The fourth-order valence-electron chi connectivity index (χ4n) is 5.25. The van der Waals surface area contributed by atoms with Crippen LogP contribution in [-0.4, -0.2) is 50.4 Å². The highest BCUT2D eigenvalue weighted by Gasteiger charge is 2.46. The fourth-order valence-corrected chi connectivity index (χ4v) is 6.75. The highest BCUT2D eigenvalue weighted by atomic mass is 32.2. The molecule has 27 heavy (non-hydrogen) atoms. The Labute approximate surface area is 163 Å². The Morgan fingerprint density at radius 1 is 1.30 bits per heavy atom. The number of allylic oxidation sites excluding steroid dienone is 1. The molecule has 148 valence electrons. The molecule has 0 amide bonds. The van der Waals surface area contributed by atoms with Crippen LogP contribution >= 0.6 is 0 Å². The van der Waals surface area contributed by atoms with Crippen molar-refractivity contribution in [3.8, 4) is 0 Å². The number of nitrogens with one attached hydrogen (secondary N) is 2. The summed E-state index contributed by atoms with van der Waals surface area (Å²) >= 11 is 0. The summed E-state index contributed by atoms with van der Waals surface area (Å²) in [6, 6.07) is 8.34. The second kappa shape index (κ2) is 6.99. The molecule has 2 N–H and O–H groups in total. The molecule has 0 radical (unpaired) electrons. The van der Waals surface area contributed by atoms with Gasteiger partial charge in [-0.3, -0.25) is 10.2 Å². The Hall–Kier alpha value is -1.21. The maximum absolute atomic E-state index is 12.7. The number of piperidine rings is 1. The smallest absolute Gasteiger partial charge is 0.179 e. The first kappa shape index (κ1) is 19.1. The van der Waals surface area contributed by atoms with Crippen molar-refractivity contribution in [1.82, 2.24) is 15.5 Å². The van der Waals surface area contributed by atoms with Gasteiger partial charge in [-0.2, -0.15) is 0 Å². The van der Waals surface area contributed by atoms with Crippen molar-refractivity contribution < 1.29 is 8.42 Å². The van der Waals surface area contributed by atoms with Gasteiger partial charge in [0.15, 0.2) is 9.84 Å². The van der Waals surface area contributed by atoms with E-state index in [2.05, 4.69) is 42.5 Å². The lowest BCUT2D eigenvalue weighted by Gasteiger charge is -2.54. The monoisotopic (exact) mass is 389 g/mol. The first-order chi connectivity index (χ1) is 12.8. The van der Waals surface area contributed by atoms with Gasteiger partial charge in [-0.15, -0.1) is 0 Å². The molecule has 0 spiro atoms. The van der Waals surface area contributed by atoms with Crippen LogP contribution in [0.2, 0.25) is 0 Å². The van der Waals surface area contributed by atoms with Crippen LogP contribution in [-0.2, 0) is 16.4 Å². The van der Waals surface area contributed by atoms with Gasteiger partial charge in [-0.05, 0) is 57.7 Å². The first-order valence-corrected chi connectivity index (χ1v) is 11.6. The molecule has 1 aromatic rings. The highest BCUT2D eigenvalue weighted by Crippen LogP contribution is 2.38. The van der Waals surface area contributed by atoms with Gasteiger partial charge in [0.2, 0.25) is 0 Å². The molecule has 4 rings (SSSR count). The normalized spacial score (nSPS) is 36.3. The average molecular weight is 390 g/mol. The molecular weight excluding hydrogens is 358 g/mol. The topological polar surface area (TPSA) is 61.4 Å². The molecular formula is C21H31N3O2S. The maximum Gasteiger partial charge on any atom is 0.179 e. The molecule has 0 aromatic heterocycles. The van der Waals surface area contributed by atoms with Crippen molar-refractivity contribution in [2.24, 2.45) is 5.92 Å². The van der Waals surface area contributed by atoms with Crippen LogP contribution in [0.15, 0.2) is 40.8 Å². The van der Waals surface area contributed by atoms with Gasteiger partial charge in [-0.1, -0.05) is 29.8 Å². The molecule has 1 fully saturated rings. The van der Waals surface area contributed by atoms with E-state index in [1.807, 2.05) is 18.2 Å². The van der Waals surface area contributed by atoms with Crippen LogP contribution in [0.25, 0.3) is 0 Å². The van der Waals surface area contributed by atoms with E-state index in [0.717, 1.165) is 24.8 Å². The molecule has 1 aliphatic carbocycles. The molecule has 0 saturated carbocycles. The standard InChI is InChI=1S/C21H31N3O2S/c1-15-8-9-18-17(12-15)19(22-3)13-21(2,23-18)24-10-11-27(25,26)20-7-5-4-6-16(20)14-24/h4-8,17-19,22-23H,9-14H2,1-3H3. The van der Waals surface area contributed by atoms with E-state index in [9.17, 15) is 8.42 Å². The molecule has 2 aliphatic heterocycles. The highest BCUT2D eigenvalue weighted by molar-refractivity contribution is 7.91. The molecule has 4 atom stereocenters. The van der Waals surface area contributed by atoms with Gasteiger partial charge in [0, 0.05) is 25.2 Å². The van der Waals surface area contributed by atoms with Crippen LogP contribution in [0.1, 0.15) is 38.7 Å². The van der Waals surface area contributed by atoms with E-state index in [-0.39, 0.29) is 11.4 Å². The molecule has 4 unspecified atom stereocenters. The van der Waals surface area contributed by atoms with Crippen LogP contribution < -0.4 is 10.6 Å². The number of sulfone groups is 1. The summed E-state index contributed by atoms with van der Waals surface area (Å²) in [7, 11) is -1.16. The van der Waals surface area contributed by atoms with Crippen molar-refractivity contribution in [3.63, 3.8) is 0 Å². The number of hydrogen-bond donors (Lipinski definition) is 2. The lowest BCUT2D eigenvalue weighted by atomic mass is 9.73. The Morgan fingerprint density at radius 3 is 2.85 bits per heavy atom. The van der Waals surface area contributed by atoms with Gasteiger partial charge in [0.05, 0.1) is 16.3 Å². The molecule has 5 nitrogen and oxygen atoms in total. The van der Waals surface area contributed by atoms with Crippen LogP contribution in [0.5, 0.6) is 0 Å². The second-order valence-electron chi connectivity index (χ2n) is 8.63. The predicted octanol–water partition coefficient (Wildman–Crippen LogP) is 2.30. The maximum atomic E-state index is 12.7. The number of benzene rings is 1. The SMILES string of the molecule is CNC1CC(C)(N2CCS(=O)(=O)c3ccccc3C2)NC2CC=C(C)CC12. The van der Waals surface area contributed by atoms with E-state index >= 15 is 0 Å². The largest absolute Gasteiger partial charge is 0.317 e. The fraction of sp³-hybridized carbons (Fsp3) is 0.619. The minimum absolute atomic E-state index is 0.179. The summed E-state index contributed by atoms with van der Waals surface area (Å²) in [5.74, 6) is 0.773. The van der Waals surface area contributed by atoms with Crippen molar-refractivity contribution in [1.29, 1.82) is 0 Å². The summed E-state index contributed by atoms with van der Waals surface area (Å²) in [4.78, 5) is 2.86.